The van der Waals surface area contributed by atoms with Gasteiger partial charge in [-0.1, -0.05) is 6.42 Å². The molecule has 0 spiro atoms. The van der Waals surface area contributed by atoms with E-state index in [4.69, 9.17) is 10.5 Å². The zero-order valence-corrected chi connectivity index (χ0v) is 17.4. The number of benzene rings is 1. The van der Waals surface area contributed by atoms with Crippen molar-refractivity contribution in [1.82, 2.24) is 4.90 Å². The summed E-state index contributed by atoms with van der Waals surface area (Å²) in [5, 5.41) is 0. The number of likely N-dealkylation sites (tertiary alicyclic amines) is 1. The molecular weight excluding hydrogens is 395 g/mol. The van der Waals surface area contributed by atoms with E-state index < -0.39 is 9.84 Å². The maximum atomic E-state index is 12.8. The molecule has 1 aliphatic carbocycles. The molecule has 1 heterocycles. The van der Waals surface area contributed by atoms with Crippen LogP contribution in [0.4, 0.5) is 4.39 Å². The number of amides is 1. The molecule has 0 aromatic heterocycles. The van der Waals surface area contributed by atoms with Gasteiger partial charge in [0.2, 0.25) is 5.91 Å². The zero-order valence-electron chi connectivity index (χ0n) is 16.6. The Kier molecular flexibility index (Phi) is 7.29. The first kappa shape index (κ1) is 21.8. The predicted octanol–water partition coefficient (Wildman–Crippen LogP) is 2.69. The Labute approximate surface area is 171 Å². The highest BCUT2D eigenvalue weighted by molar-refractivity contribution is 7.91. The van der Waals surface area contributed by atoms with Gasteiger partial charge >= 0.3 is 0 Å². The minimum Gasteiger partial charge on any atom is -0.489 e. The van der Waals surface area contributed by atoms with E-state index in [1.165, 1.54) is 12.1 Å². The molecule has 8 heteroatoms. The van der Waals surface area contributed by atoms with Gasteiger partial charge in [-0.2, -0.15) is 0 Å². The Bertz CT molecular complexity index is 827. The smallest absolute Gasteiger partial charge is 0.225 e. The number of halogens is 1. The van der Waals surface area contributed by atoms with Crippen LogP contribution in [-0.4, -0.2) is 51.2 Å². The van der Waals surface area contributed by atoms with Gasteiger partial charge in [-0.05, 0) is 55.9 Å². The quantitative estimate of drug-likeness (QED) is 0.693. The first-order chi connectivity index (χ1) is 13.9. The lowest BCUT2D eigenvalue weighted by Gasteiger charge is -2.36. The van der Waals surface area contributed by atoms with Gasteiger partial charge in [0.25, 0.3) is 0 Å². The van der Waals surface area contributed by atoms with Crippen molar-refractivity contribution < 1.29 is 22.3 Å². The summed E-state index contributed by atoms with van der Waals surface area (Å²) in [6, 6.07) is 6.17. The molecule has 2 N–H and O–H groups in total. The summed E-state index contributed by atoms with van der Waals surface area (Å²) in [6.45, 7) is 1.38. The number of carbonyl (C=O) groups excluding carboxylic acids is 1. The van der Waals surface area contributed by atoms with Crippen LogP contribution in [-0.2, 0) is 14.6 Å². The number of nitrogens with two attached hydrogens (primary N) is 1. The first-order valence-electron chi connectivity index (χ1n) is 10.2. The highest BCUT2D eigenvalue weighted by atomic mass is 32.2. The molecule has 1 amide bonds. The third-order valence-electron chi connectivity index (χ3n) is 5.86. The summed E-state index contributed by atoms with van der Waals surface area (Å²) >= 11 is 0. The molecule has 29 heavy (non-hydrogen) atoms. The van der Waals surface area contributed by atoms with E-state index in [0.717, 1.165) is 32.1 Å². The summed E-state index contributed by atoms with van der Waals surface area (Å²) < 4.78 is 43.4. The molecule has 1 aromatic rings. The number of rotatable bonds is 8. The molecule has 6 nitrogen and oxygen atoms in total. The van der Waals surface area contributed by atoms with Crippen molar-refractivity contribution in [1.29, 1.82) is 0 Å². The number of sulfone groups is 1. The minimum atomic E-state index is -3.42. The molecule has 1 saturated carbocycles. The highest BCUT2D eigenvalue weighted by Crippen LogP contribution is 2.30. The Hall–Kier alpha value is -1.93. The molecule has 1 aromatic carbocycles. The number of hydrogen-bond donors (Lipinski definition) is 1. The van der Waals surface area contributed by atoms with Gasteiger partial charge in [-0.25, -0.2) is 12.8 Å². The van der Waals surface area contributed by atoms with Crippen LogP contribution in [0.15, 0.2) is 41.1 Å². The van der Waals surface area contributed by atoms with Crippen LogP contribution in [0.5, 0.6) is 5.75 Å². The second-order valence-electron chi connectivity index (χ2n) is 7.91. The lowest BCUT2D eigenvalue weighted by molar-refractivity contribution is -0.139. The van der Waals surface area contributed by atoms with Gasteiger partial charge in [-0.3, -0.25) is 4.79 Å². The minimum absolute atomic E-state index is 0.0250. The van der Waals surface area contributed by atoms with E-state index >= 15 is 0 Å². The summed E-state index contributed by atoms with van der Waals surface area (Å²) in [5.41, 5.74) is 5.70. The fourth-order valence-corrected chi connectivity index (χ4v) is 5.39. The molecule has 160 valence electrons. The van der Waals surface area contributed by atoms with Crippen LogP contribution in [0.25, 0.3) is 0 Å². The molecule has 1 aliphatic heterocycles. The molecule has 0 bridgehead atoms. The van der Waals surface area contributed by atoms with Gasteiger partial charge in [0.15, 0.2) is 9.84 Å². The molecule has 1 saturated heterocycles. The fourth-order valence-electron chi connectivity index (χ4n) is 3.69. The number of carbonyl (C=O) groups is 1. The van der Waals surface area contributed by atoms with Crippen LogP contribution < -0.4 is 10.5 Å². The molecule has 3 rings (SSSR count). The van der Waals surface area contributed by atoms with Crippen molar-refractivity contribution in [3.05, 3.63) is 36.2 Å². The third kappa shape index (κ3) is 5.57. The fraction of sp³-hybridized carbons (Fsp3) is 0.571. The van der Waals surface area contributed by atoms with Crippen LogP contribution in [0.1, 0.15) is 32.1 Å². The molecule has 0 atom stereocenters. The maximum Gasteiger partial charge on any atom is 0.225 e. The van der Waals surface area contributed by atoms with Crippen LogP contribution >= 0.6 is 0 Å². The Balaban J connectivity index is 1.51. The summed E-state index contributed by atoms with van der Waals surface area (Å²) in [7, 11) is -3.42. The average molecular weight is 425 g/mol. The SMILES string of the molecule is NCC(=CF)COc1ccc(S(=O)(=O)CC2CCN(C(=O)C3CCC3)CC2)cc1. The molecular formula is C21H29FN2O4S. The van der Waals surface area contributed by atoms with Crippen molar-refractivity contribution in [3.63, 3.8) is 0 Å². The van der Waals surface area contributed by atoms with E-state index in [9.17, 15) is 17.6 Å². The summed E-state index contributed by atoms with van der Waals surface area (Å²) in [5.74, 6) is 1.04. The van der Waals surface area contributed by atoms with Gasteiger partial charge < -0.3 is 15.4 Å². The first-order valence-corrected chi connectivity index (χ1v) is 11.8. The normalized spacial score (nSPS) is 19.1. The summed E-state index contributed by atoms with van der Waals surface area (Å²) in [6.07, 6.45) is 4.97. The van der Waals surface area contributed by atoms with Gasteiger partial charge in [0.05, 0.1) is 17.0 Å². The average Bonchev–Trinajstić information content (AvgIpc) is 2.68. The number of ether oxygens (including phenoxy) is 1. The van der Waals surface area contributed by atoms with Crippen molar-refractivity contribution >= 4 is 15.7 Å². The van der Waals surface area contributed by atoms with E-state index in [2.05, 4.69) is 0 Å². The number of nitrogens with zero attached hydrogens (tertiary/aromatic N) is 1. The van der Waals surface area contributed by atoms with E-state index in [0.29, 0.717) is 30.7 Å². The van der Waals surface area contributed by atoms with E-state index in [1.807, 2.05) is 4.90 Å². The largest absolute Gasteiger partial charge is 0.489 e. The Morgan fingerprint density at radius 2 is 1.83 bits per heavy atom. The number of piperidine rings is 1. The van der Waals surface area contributed by atoms with Crippen LogP contribution in [0.2, 0.25) is 0 Å². The monoisotopic (exact) mass is 424 g/mol. The second-order valence-corrected chi connectivity index (χ2v) is 9.94. The lowest BCUT2D eigenvalue weighted by Crippen LogP contribution is -2.44. The Morgan fingerprint density at radius 1 is 1.17 bits per heavy atom. The van der Waals surface area contributed by atoms with E-state index in [1.54, 1.807) is 12.1 Å². The number of hydrogen-bond acceptors (Lipinski definition) is 5. The predicted molar refractivity (Wildman–Crippen MR) is 109 cm³/mol. The van der Waals surface area contributed by atoms with Crippen LogP contribution in [0, 0.1) is 11.8 Å². The Morgan fingerprint density at radius 3 is 2.34 bits per heavy atom. The van der Waals surface area contributed by atoms with Crippen LogP contribution in [0.3, 0.4) is 0 Å². The third-order valence-corrected chi connectivity index (χ3v) is 7.76. The second kappa shape index (κ2) is 9.71. The standard InChI is InChI=1S/C21H29FN2O4S/c22-12-17(13-23)14-28-19-4-6-20(7-5-19)29(26,27)15-16-8-10-24(11-9-16)21(25)18-2-1-3-18/h4-7,12,16,18H,1-3,8-11,13-15,23H2. The highest BCUT2D eigenvalue weighted by Gasteiger charge is 2.32. The van der Waals surface area contributed by atoms with Crippen molar-refractivity contribution in [2.45, 2.75) is 37.0 Å². The van der Waals surface area contributed by atoms with Crippen molar-refractivity contribution in [2.75, 3.05) is 32.0 Å². The van der Waals surface area contributed by atoms with Crippen molar-refractivity contribution in [2.24, 2.45) is 17.6 Å². The molecule has 2 fully saturated rings. The molecule has 2 aliphatic rings. The zero-order chi connectivity index (χ0) is 20.9. The molecule has 0 radical (unpaired) electrons. The van der Waals surface area contributed by atoms with Gasteiger partial charge in [0, 0.05) is 31.1 Å². The van der Waals surface area contributed by atoms with Gasteiger partial charge in [0.1, 0.15) is 12.4 Å². The van der Waals surface area contributed by atoms with E-state index in [-0.39, 0.29) is 41.5 Å². The van der Waals surface area contributed by atoms with Gasteiger partial charge in [-0.15, -0.1) is 0 Å². The lowest BCUT2D eigenvalue weighted by atomic mass is 9.83. The van der Waals surface area contributed by atoms with Crippen molar-refractivity contribution in [3.8, 4) is 5.75 Å². The summed E-state index contributed by atoms with van der Waals surface area (Å²) in [4.78, 5) is 14.5. The topological polar surface area (TPSA) is 89.7 Å². The maximum absolute atomic E-state index is 12.8. The molecule has 0 unspecified atom stereocenters.